The quantitative estimate of drug-likeness (QED) is 0.869. The van der Waals surface area contributed by atoms with Crippen LogP contribution >= 0.6 is 0 Å². The highest BCUT2D eigenvalue weighted by Gasteiger charge is 2.29. The molecule has 5 nitrogen and oxygen atoms in total. The zero-order valence-corrected chi connectivity index (χ0v) is 12.0. The summed E-state index contributed by atoms with van der Waals surface area (Å²) in [6.07, 6.45) is -0.624. The van der Waals surface area contributed by atoms with Crippen LogP contribution in [0.5, 0.6) is 11.5 Å². The van der Waals surface area contributed by atoms with E-state index in [9.17, 15) is 4.79 Å². The van der Waals surface area contributed by atoms with E-state index in [4.69, 9.17) is 13.9 Å². The molecule has 0 aliphatic carbocycles. The summed E-state index contributed by atoms with van der Waals surface area (Å²) in [6, 6.07) is 11.1. The van der Waals surface area contributed by atoms with Gasteiger partial charge in [-0.3, -0.25) is 4.79 Å². The molecule has 0 saturated carbocycles. The molecule has 2 heterocycles. The normalized spacial score (nSPS) is 16.6. The van der Waals surface area contributed by atoms with Crippen molar-refractivity contribution in [2.24, 2.45) is 0 Å². The van der Waals surface area contributed by atoms with Gasteiger partial charge in [0.15, 0.2) is 11.5 Å². The number of carbonyl (C=O) groups excluding carboxylic acids is 1. The predicted octanol–water partition coefficient (Wildman–Crippen LogP) is 2.39. The van der Waals surface area contributed by atoms with E-state index in [1.807, 2.05) is 37.3 Å². The van der Waals surface area contributed by atoms with Crippen LogP contribution in [0.15, 0.2) is 40.8 Å². The molecule has 0 unspecified atom stereocenters. The molecule has 0 spiro atoms. The Hall–Kier alpha value is -2.43. The molecule has 1 aromatic heterocycles. The van der Waals surface area contributed by atoms with Gasteiger partial charge in [-0.05, 0) is 31.2 Å². The Morgan fingerprint density at radius 3 is 2.71 bits per heavy atom. The lowest BCUT2D eigenvalue weighted by Gasteiger charge is -2.28. The molecule has 21 heavy (non-hydrogen) atoms. The van der Waals surface area contributed by atoms with Gasteiger partial charge < -0.3 is 18.8 Å². The van der Waals surface area contributed by atoms with Gasteiger partial charge in [0, 0.05) is 7.05 Å². The van der Waals surface area contributed by atoms with Crippen LogP contribution < -0.4 is 9.47 Å². The summed E-state index contributed by atoms with van der Waals surface area (Å²) in [5, 5.41) is 0. The number of fused-ring (bicyclic) bond motifs is 1. The van der Waals surface area contributed by atoms with Crippen LogP contribution in [-0.2, 0) is 11.3 Å². The molecule has 0 N–H and O–H groups in total. The minimum absolute atomic E-state index is 0.126. The van der Waals surface area contributed by atoms with Gasteiger partial charge in [-0.1, -0.05) is 12.1 Å². The minimum atomic E-state index is -0.624. The molecule has 5 heteroatoms. The number of aryl methyl sites for hydroxylation is 1. The molecule has 1 atom stereocenters. The van der Waals surface area contributed by atoms with Crippen molar-refractivity contribution in [2.75, 3.05) is 13.7 Å². The second kappa shape index (κ2) is 5.52. The average Bonchev–Trinajstić information content (AvgIpc) is 2.91. The number of hydrogen-bond acceptors (Lipinski definition) is 4. The van der Waals surface area contributed by atoms with Crippen LogP contribution in [0.2, 0.25) is 0 Å². The fraction of sp³-hybridized carbons (Fsp3) is 0.312. The van der Waals surface area contributed by atoms with E-state index in [-0.39, 0.29) is 12.5 Å². The van der Waals surface area contributed by atoms with Crippen LogP contribution in [0.3, 0.4) is 0 Å². The number of amides is 1. The highest BCUT2D eigenvalue weighted by molar-refractivity contribution is 5.81. The van der Waals surface area contributed by atoms with Gasteiger partial charge in [-0.2, -0.15) is 0 Å². The first-order valence-electron chi connectivity index (χ1n) is 6.82. The monoisotopic (exact) mass is 287 g/mol. The van der Waals surface area contributed by atoms with Crippen molar-refractivity contribution in [3.8, 4) is 11.5 Å². The van der Waals surface area contributed by atoms with Gasteiger partial charge in [0.1, 0.15) is 18.1 Å². The van der Waals surface area contributed by atoms with Crippen LogP contribution in [0.1, 0.15) is 11.5 Å². The zero-order valence-electron chi connectivity index (χ0n) is 12.0. The van der Waals surface area contributed by atoms with Crippen molar-refractivity contribution in [3.05, 3.63) is 47.9 Å². The SMILES string of the molecule is Cc1ccc(CN(C)C(=O)[C@H]2COc3ccccc3O2)o1. The van der Waals surface area contributed by atoms with E-state index in [0.29, 0.717) is 18.0 Å². The predicted molar refractivity (Wildman–Crippen MR) is 76.3 cm³/mol. The summed E-state index contributed by atoms with van der Waals surface area (Å²) in [4.78, 5) is 14.0. The maximum Gasteiger partial charge on any atom is 0.267 e. The number of likely N-dealkylation sites (N-methyl/N-ethyl adjacent to an activating group) is 1. The first kappa shape index (κ1) is 13.5. The van der Waals surface area contributed by atoms with E-state index >= 15 is 0 Å². The Labute approximate surface area is 123 Å². The van der Waals surface area contributed by atoms with E-state index in [0.717, 1.165) is 11.5 Å². The molecule has 2 aromatic rings. The number of hydrogen-bond donors (Lipinski definition) is 0. The second-order valence-electron chi connectivity index (χ2n) is 5.07. The van der Waals surface area contributed by atoms with Gasteiger partial charge >= 0.3 is 0 Å². The van der Waals surface area contributed by atoms with E-state index in [2.05, 4.69) is 0 Å². The lowest BCUT2D eigenvalue weighted by atomic mass is 10.2. The molecule has 3 rings (SSSR count). The van der Waals surface area contributed by atoms with Crippen molar-refractivity contribution in [2.45, 2.75) is 19.6 Å². The molecule has 1 amide bonds. The average molecular weight is 287 g/mol. The van der Waals surface area contributed by atoms with E-state index in [1.165, 1.54) is 0 Å². The minimum Gasteiger partial charge on any atom is -0.485 e. The van der Waals surface area contributed by atoms with Gasteiger partial charge in [-0.15, -0.1) is 0 Å². The smallest absolute Gasteiger partial charge is 0.267 e. The molecule has 110 valence electrons. The lowest BCUT2D eigenvalue weighted by molar-refractivity contribution is -0.140. The molecule has 0 bridgehead atoms. The standard InChI is InChI=1S/C16H17NO4/c1-11-7-8-12(20-11)9-17(2)16(18)15-10-19-13-5-3-4-6-14(13)21-15/h3-8,15H,9-10H2,1-2H3/t15-/m1/s1. The summed E-state index contributed by atoms with van der Waals surface area (Å²) < 4.78 is 16.8. The van der Waals surface area contributed by atoms with Crippen LogP contribution in [0.25, 0.3) is 0 Å². The van der Waals surface area contributed by atoms with Crippen molar-refractivity contribution < 1.29 is 18.7 Å². The number of nitrogens with zero attached hydrogens (tertiary/aromatic N) is 1. The Morgan fingerprint density at radius 2 is 2.00 bits per heavy atom. The maximum absolute atomic E-state index is 12.4. The molecule has 0 radical (unpaired) electrons. The molecule has 1 aromatic carbocycles. The Bertz CT molecular complexity index is 649. The van der Waals surface area contributed by atoms with E-state index < -0.39 is 6.10 Å². The largest absolute Gasteiger partial charge is 0.485 e. The summed E-state index contributed by atoms with van der Waals surface area (Å²) in [5.41, 5.74) is 0. The first-order valence-corrected chi connectivity index (χ1v) is 6.82. The van der Waals surface area contributed by atoms with Gasteiger partial charge in [0.05, 0.1) is 6.54 Å². The third-order valence-corrected chi connectivity index (χ3v) is 3.35. The lowest BCUT2D eigenvalue weighted by Crippen LogP contribution is -2.44. The van der Waals surface area contributed by atoms with Crippen LogP contribution in [0.4, 0.5) is 0 Å². The number of ether oxygens (including phenoxy) is 2. The maximum atomic E-state index is 12.4. The molecule has 0 fully saturated rings. The Morgan fingerprint density at radius 1 is 1.24 bits per heavy atom. The van der Waals surface area contributed by atoms with Crippen molar-refractivity contribution in [3.63, 3.8) is 0 Å². The number of rotatable bonds is 3. The third-order valence-electron chi connectivity index (χ3n) is 3.35. The van der Waals surface area contributed by atoms with E-state index in [1.54, 1.807) is 18.0 Å². The van der Waals surface area contributed by atoms with Crippen LogP contribution in [-0.4, -0.2) is 30.6 Å². The first-order chi connectivity index (χ1) is 10.1. The van der Waals surface area contributed by atoms with Gasteiger partial charge in [0.2, 0.25) is 6.10 Å². The summed E-state index contributed by atoms with van der Waals surface area (Å²) in [5.74, 6) is 2.73. The molecular formula is C16H17NO4. The molecular weight excluding hydrogens is 270 g/mol. The molecule has 1 aliphatic heterocycles. The van der Waals surface area contributed by atoms with Crippen molar-refractivity contribution in [1.82, 2.24) is 4.90 Å². The van der Waals surface area contributed by atoms with Crippen LogP contribution in [0, 0.1) is 6.92 Å². The number of carbonyl (C=O) groups is 1. The summed E-state index contributed by atoms with van der Waals surface area (Å²) in [6.45, 7) is 2.51. The van der Waals surface area contributed by atoms with Gasteiger partial charge in [0.25, 0.3) is 5.91 Å². The second-order valence-corrected chi connectivity index (χ2v) is 5.07. The van der Waals surface area contributed by atoms with Gasteiger partial charge in [-0.25, -0.2) is 0 Å². The highest BCUT2D eigenvalue weighted by Crippen LogP contribution is 2.31. The fourth-order valence-electron chi connectivity index (χ4n) is 2.27. The molecule has 1 aliphatic rings. The highest BCUT2D eigenvalue weighted by atomic mass is 16.6. The van der Waals surface area contributed by atoms with Crippen molar-refractivity contribution in [1.29, 1.82) is 0 Å². The number of para-hydroxylation sites is 2. The number of furan rings is 1. The zero-order chi connectivity index (χ0) is 14.8. The fourth-order valence-corrected chi connectivity index (χ4v) is 2.27. The summed E-state index contributed by atoms with van der Waals surface area (Å²) in [7, 11) is 1.73. The van der Waals surface area contributed by atoms with Crippen molar-refractivity contribution >= 4 is 5.91 Å². The summed E-state index contributed by atoms with van der Waals surface area (Å²) >= 11 is 0. The Kier molecular flexibility index (Phi) is 3.56. The number of benzene rings is 1. The topological polar surface area (TPSA) is 51.9 Å². The Balaban J connectivity index is 1.66. The third kappa shape index (κ3) is 2.86. The molecule has 0 saturated heterocycles.